The molecule has 3 rings (SSSR count). The smallest absolute Gasteiger partial charge is 0.387 e. The lowest BCUT2D eigenvalue weighted by Gasteiger charge is -2.03. The Kier molecular flexibility index (Phi) is 3.45. The third-order valence-electron chi connectivity index (χ3n) is 2.92. The Balaban J connectivity index is 1.88. The highest BCUT2D eigenvalue weighted by atomic mass is 19.3. The van der Waals surface area contributed by atoms with Gasteiger partial charge in [0.1, 0.15) is 11.4 Å². The van der Waals surface area contributed by atoms with Gasteiger partial charge in [0.25, 0.3) is 5.89 Å². The van der Waals surface area contributed by atoms with Crippen LogP contribution in [0.25, 0.3) is 23.0 Å². The van der Waals surface area contributed by atoms with E-state index in [4.69, 9.17) is 10.2 Å². The SMILES string of the molecule is Cn1ncc(N)c1-c1nnc(-c2ccc(OC(F)F)cc2)o1. The average molecular weight is 307 g/mol. The maximum atomic E-state index is 12.1. The largest absolute Gasteiger partial charge is 0.435 e. The zero-order valence-corrected chi connectivity index (χ0v) is 11.4. The van der Waals surface area contributed by atoms with Crippen molar-refractivity contribution in [2.45, 2.75) is 6.61 Å². The van der Waals surface area contributed by atoms with E-state index >= 15 is 0 Å². The van der Waals surface area contributed by atoms with E-state index in [1.807, 2.05) is 0 Å². The molecule has 3 aromatic rings. The number of aryl methyl sites for hydroxylation is 1. The van der Waals surface area contributed by atoms with Gasteiger partial charge in [-0.25, -0.2) is 0 Å². The summed E-state index contributed by atoms with van der Waals surface area (Å²) in [6, 6.07) is 5.87. The second-order valence-electron chi connectivity index (χ2n) is 4.39. The molecule has 9 heteroatoms. The zero-order chi connectivity index (χ0) is 15.7. The Morgan fingerprint density at radius 3 is 2.45 bits per heavy atom. The van der Waals surface area contributed by atoms with Crippen molar-refractivity contribution in [2.75, 3.05) is 5.73 Å². The maximum Gasteiger partial charge on any atom is 0.387 e. The van der Waals surface area contributed by atoms with Gasteiger partial charge in [-0.2, -0.15) is 13.9 Å². The molecule has 0 radical (unpaired) electrons. The molecule has 0 saturated heterocycles. The first-order chi connectivity index (χ1) is 10.5. The summed E-state index contributed by atoms with van der Waals surface area (Å²) >= 11 is 0. The summed E-state index contributed by atoms with van der Waals surface area (Å²) in [7, 11) is 1.70. The van der Waals surface area contributed by atoms with Gasteiger partial charge >= 0.3 is 6.61 Å². The van der Waals surface area contributed by atoms with Crippen LogP contribution in [-0.2, 0) is 7.05 Å². The van der Waals surface area contributed by atoms with Gasteiger partial charge in [0.15, 0.2) is 0 Å². The standard InChI is InChI=1S/C13H11F2N5O2/c1-20-10(9(16)6-17-20)12-19-18-11(22-12)7-2-4-8(5-3-7)21-13(14)15/h2-6,13H,16H2,1H3. The predicted molar refractivity (Wildman–Crippen MR) is 73.0 cm³/mol. The van der Waals surface area contributed by atoms with Crippen molar-refractivity contribution in [3.05, 3.63) is 30.5 Å². The third-order valence-corrected chi connectivity index (χ3v) is 2.92. The van der Waals surface area contributed by atoms with E-state index in [1.165, 1.54) is 23.0 Å². The van der Waals surface area contributed by atoms with E-state index in [0.29, 0.717) is 16.9 Å². The Morgan fingerprint density at radius 2 is 1.86 bits per heavy atom. The van der Waals surface area contributed by atoms with Gasteiger partial charge in [0.2, 0.25) is 5.89 Å². The van der Waals surface area contributed by atoms with Crippen molar-refractivity contribution in [1.29, 1.82) is 0 Å². The molecule has 0 atom stereocenters. The van der Waals surface area contributed by atoms with Crippen LogP contribution >= 0.6 is 0 Å². The van der Waals surface area contributed by atoms with Crippen molar-refractivity contribution >= 4 is 5.69 Å². The molecule has 0 aliphatic rings. The number of nitrogens with zero attached hydrogens (tertiary/aromatic N) is 4. The quantitative estimate of drug-likeness (QED) is 0.795. The highest BCUT2D eigenvalue weighted by Crippen LogP contribution is 2.28. The molecule has 2 N–H and O–H groups in total. The van der Waals surface area contributed by atoms with Crippen LogP contribution in [0, 0.1) is 0 Å². The summed E-state index contributed by atoms with van der Waals surface area (Å²) in [4.78, 5) is 0. The predicted octanol–water partition coefficient (Wildman–Crippen LogP) is 2.32. The average Bonchev–Trinajstić information content (AvgIpc) is 3.06. The minimum atomic E-state index is -2.87. The normalized spacial score (nSPS) is 11.1. The molecule has 2 aromatic heterocycles. The molecular formula is C13H11F2N5O2. The lowest BCUT2D eigenvalue weighted by atomic mass is 10.2. The fourth-order valence-corrected chi connectivity index (χ4v) is 1.93. The number of nitrogen functional groups attached to an aromatic ring is 1. The summed E-state index contributed by atoms with van der Waals surface area (Å²) in [5.74, 6) is 0.508. The number of nitrogens with two attached hydrogens (primary N) is 1. The third kappa shape index (κ3) is 2.60. The number of anilines is 1. The molecule has 7 nitrogen and oxygen atoms in total. The Morgan fingerprint density at radius 1 is 1.18 bits per heavy atom. The van der Waals surface area contributed by atoms with Crippen molar-refractivity contribution in [3.8, 4) is 28.8 Å². The summed E-state index contributed by atoms with van der Waals surface area (Å²) < 4.78 is 35.5. The van der Waals surface area contributed by atoms with Crippen molar-refractivity contribution in [3.63, 3.8) is 0 Å². The first kappa shape index (κ1) is 14.0. The maximum absolute atomic E-state index is 12.1. The number of benzene rings is 1. The molecule has 0 unspecified atom stereocenters. The Labute approximate surface area is 123 Å². The number of hydrogen-bond acceptors (Lipinski definition) is 6. The van der Waals surface area contributed by atoms with E-state index < -0.39 is 6.61 Å². The minimum absolute atomic E-state index is 0.0503. The molecule has 0 aliphatic carbocycles. The van der Waals surface area contributed by atoms with Crippen LogP contribution in [0.2, 0.25) is 0 Å². The zero-order valence-electron chi connectivity index (χ0n) is 11.4. The van der Waals surface area contributed by atoms with E-state index in [2.05, 4.69) is 20.0 Å². The van der Waals surface area contributed by atoms with Crippen LogP contribution in [-0.4, -0.2) is 26.6 Å². The number of halogens is 2. The second kappa shape index (κ2) is 5.43. The van der Waals surface area contributed by atoms with Crippen LogP contribution < -0.4 is 10.5 Å². The van der Waals surface area contributed by atoms with Crippen molar-refractivity contribution < 1.29 is 17.9 Å². The van der Waals surface area contributed by atoms with Gasteiger partial charge in [0, 0.05) is 12.6 Å². The Bertz CT molecular complexity index is 763. The molecule has 22 heavy (non-hydrogen) atoms. The van der Waals surface area contributed by atoms with E-state index in [9.17, 15) is 8.78 Å². The summed E-state index contributed by atoms with van der Waals surface area (Å²) in [5.41, 5.74) is 7.29. The lowest BCUT2D eigenvalue weighted by molar-refractivity contribution is -0.0498. The van der Waals surface area contributed by atoms with E-state index in [0.717, 1.165) is 0 Å². The highest BCUT2D eigenvalue weighted by Gasteiger charge is 2.16. The number of ether oxygens (including phenoxy) is 1. The van der Waals surface area contributed by atoms with Gasteiger partial charge in [-0.15, -0.1) is 10.2 Å². The number of alkyl halides is 2. The molecule has 0 saturated carbocycles. The van der Waals surface area contributed by atoms with Crippen LogP contribution in [0.3, 0.4) is 0 Å². The van der Waals surface area contributed by atoms with E-state index in [-0.39, 0.29) is 17.5 Å². The van der Waals surface area contributed by atoms with Crippen LogP contribution in [0.1, 0.15) is 0 Å². The number of aromatic nitrogens is 4. The molecule has 0 spiro atoms. The van der Waals surface area contributed by atoms with E-state index in [1.54, 1.807) is 19.2 Å². The minimum Gasteiger partial charge on any atom is -0.435 e. The highest BCUT2D eigenvalue weighted by molar-refractivity contribution is 5.66. The van der Waals surface area contributed by atoms with Crippen LogP contribution in [0.5, 0.6) is 5.75 Å². The molecule has 1 aromatic carbocycles. The van der Waals surface area contributed by atoms with Crippen LogP contribution in [0.4, 0.5) is 14.5 Å². The second-order valence-corrected chi connectivity index (χ2v) is 4.39. The lowest BCUT2D eigenvalue weighted by Crippen LogP contribution is -2.01. The number of hydrogen-bond donors (Lipinski definition) is 1. The monoisotopic (exact) mass is 307 g/mol. The summed E-state index contributed by atoms with van der Waals surface area (Å²) in [5, 5.41) is 11.8. The summed E-state index contributed by atoms with van der Waals surface area (Å²) in [6.45, 7) is -2.87. The van der Waals surface area contributed by atoms with Crippen molar-refractivity contribution in [2.24, 2.45) is 7.05 Å². The van der Waals surface area contributed by atoms with Gasteiger partial charge in [-0.1, -0.05) is 0 Å². The molecule has 0 aliphatic heterocycles. The Hall–Kier alpha value is -2.97. The van der Waals surface area contributed by atoms with Crippen LogP contribution in [0.15, 0.2) is 34.9 Å². The van der Waals surface area contributed by atoms with Gasteiger partial charge in [-0.05, 0) is 24.3 Å². The molecule has 2 heterocycles. The topological polar surface area (TPSA) is 92.0 Å². The fraction of sp³-hybridized carbons (Fsp3) is 0.154. The van der Waals surface area contributed by atoms with Gasteiger partial charge in [-0.3, -0.25) is 4.68 Å². The molecular weight excluding hydrogens is 296 g/mol. The van der Waals surface area contributed by atoms with Crippen molar-refractivity contribution in [1.82, 2.24) is 20.0 Å². The first-order valence-electron chi connectivity index (χ1n) is 6.21. The first-order valence-corrected chi connectivity index (χ1v) is 6.21. The van der Waals surface area contributed by atoms with Gasteiger partial charge < -0.3 is 14.9 Å². The fourth-order valence-electron chi connectivity index (χ4n) is 1.93. The van der Waals surface area contributed by atoms with Gasteiger partial charge in [0.05, 0.1) is 11.9 Å². The molecule has 0 bridgehead atoms. The molecule has 0 amide bonds. The summed E-state index contributed by atoms with van der Waals surface area (Å²) in [6.07, 6.45) is 1.48. The molecule has 114 valence electrons. The number of rotatable bonds is 4. The molecule has 0 fully saturated rings.